The van der Waals surface area contributed by atoms with Crippen molar-refractivity contribution in [2.45, 2.75) is 34.1 Å². The molecule has 0 aliphatic rings. The molecule has 2 aromatic heterocycles. The molecule has 0 aliphatic carbocycles. The number of hydrogen-bond donors (Lipinski definition) is 1. The zero-order valence-electron chi connectivity index (χ0n) is 17.7. The van der Waals surface area contributed by atoms with E-state index in [1.807, 2.05) is 44.2 Å². The minimum absolute atomic E-state index is 0.292. The van der Waals surface area contributed by atoms with Crippen LogP contribution in [0.25, 0.3) is 5.69 Å². The molecule has 1 N–H and O–H groups in total. The van der Waals surface area contributed by atoms with E-state index in [1.165, 1.54) is 22.5 Å². The maximum Gasteiger partial charge on any atom is 0.279 e. The number of aromatic nitrogens is 4. The van der Waals surface area contributed by atoms with Gasteiger partial charge in [-0.3, -0.25) is 10.1 Å². The van der Waals surface area contributed by atoms with Crippen LogP contribution in [0.3, 0.4) is 0 Å². The van der Waals surface area contributed by atoms with E-state index in [0.717, 1.165) is 32.7 Å². The fourth-order valence-corrected chi connectivity index (χ4v) is 4.49. The van der Waals surface area contributed by atoms with E-state index in [-0.39, 0.29) is 5.91 Å². The Morgan fingerprint density at radius 1 is 1.06 bits per heavy atom. The summed E-state index contributed by atoms with van der Waals surface area (Å²) in [5.74, 6) is -0.309. The first-order chi connectivity index (χ1) is 14.8. The van der Waals surface area contributed by atoms with Crippen LogP contribution in [-0.2, 0) is 6.42 Å². The number of amides is 1. The summed E-state index contributed by atoms with van der Waals surface area (Å²) in [4.78, 5) is 18.5. The maximum absolute atomic E-state index is 12.9. The van der Waals surface area contributed by atoms with Gasteiger partial charge in [-0.1, -0.05) is 39.3 Å². The third-order valence-corrected chi connectivity index (χ3v) is 6.84. The Labute approximate surface area is 193 Å². The van der Waals surface area contributed by atoms with Crippen molar-refractivity contribution in [3.63, 3.8) is 0 Å². The number of rotatable bonds is 5. The molecule has 4 aromatic rings. The second-order valence-electron chi connectivity index (χ2n) is 7.49. The van der Waals surface area contributed by atoms with Gasteiger partial charge >= 0.3 is 0 Å². The highest BCUT2D eigenvalue weighted by Gasteiger charge is 2.19. The molecule has 8 heteroatoms. The largest absolute Gasteiger partial charge is 0.296 e. The summed E-state index contributed by atoms with van der Waals surface area (Å²) in [5, 5.41) is 11.8. The Hall–Kier alpha value is -2.84. The van der Waals surface area contributed by atoms with Crippen LogP contribution in [-0.4, -0.2) is 25.9 Å². The van der Waals surface area contributed by atoms with Crippen molar-refractivity contribution in [1.82, 2.24) is 20.0 Å². The molecule has 0 fully saturated rings. The zero-order valence-corrected chi connectivity index (χ0v) is 20.1. The lowest BCUT2D eigenvalue weighted by Gasteiger charge is -2.06. The SMILES string of the molecule is Cc1ccc(-n2nnc(C(=O)Nc3nc(C)c(Cc4ccc(Br)cc4)s3)c2C)cc1C. The summed E-state index contributed by atoms with van der Waals surface area (Å²) in [6.07, 6.45) is 0.772. The lowest BCUT2D eigenvalue weighted by molar-refractivity contribution is 0.102. The number of halogens is 1. The van der Waals surface area contributed by atoms with Crippen molar-refractivity contribution < 1.29 is 4.79 Å². The second kappa shape index (κ2) is 8.72. The van der Waals surface area contributed by atoms with Crippen LogP contribution in [0.1, 0.15) is 43.4 Å². The van der Waals surface area contributed by atoms with Crippen molar-refractivity contribution in [3.05, 3.63) is 85.6 Å². The molecule has 1 amide bonds. The lowest BCUT2D eigenvalue weighted by Crippen LogP contribution is -2.14. The normalized spacial score (nSPS) is 11.0. The first-order valence-corrected chi connectivity index (χ1v) is 11.4. The highest BCUT2D eigenvalue weighted by Crippen LogP contribution is 2.26. The molecule has 31 heavy (non-hydrogen) atoms. The summed E-state index contributed by atoms with van der Waals surface area (Å²) >= 11 is 4.94. The van der Waals surface area contributed by atoms with Gasteiger partial charge in [-0.05, 0) is 68.7 Å². The molecule has 0 atom stereocenters. The number of nitrogens with one attached hydrogen (secondary N) is 1. The van der Waals surface area contributed by atoms with E-state index in [2.05, 4.69) is 62.5 Å². The molecule has 0 bridgehead atoms. The van der Waals surface area contributed by atoms with Crippen molar-refractivity contribution in [1.29, 1.82) is 0 Å². The van der Waals surface area contributed by atoms with Gasteiger partial charge in [-0.2, -0.15) is 0 Å². The smallest absolute Gasteiger partial charge is 0.279 e. The van der Waals surface area contributed by atoms with E-state index >= 15 is 0 Å². The Kier molecular flexibility index (Phi) is 6.02. The van der Waals surface area contributed by atoms with Gasteiger partial charge in [0.25, 0.3) is 5.91 Å². The molecule has 4 rings (SSSR count). The number of hydrogen-bond acceptors (Lipinski definition) is 5. The van der Waals surface area contributed by atoms with Crippen LogP contribution in [0.4, 0.5) is 5.13 Å². The number of carbonyl (C=O) groups excluding carboxylic acids is 1. The lowest BCUT2D eigenvalue weighted by atomic mass is 10.1. The van der Waals surface area contributed by atoms with Gasteiger partial charge in [0.1, 0.15) is 0 Å². The van der Waals surface area contributed by atoms with Crippen LogP contribution >= 0.6 is 27.3 Å². The van der Waals surface area contributed by atoms with Gasteiger partial charge < -0.3 is 0 Å². The van der Waals surface area contributed by atoms with E-state index in [9.17, 15) is 4.79 Å². The predicted octanol–water partition coefficient (Wildman–Crippen LogP) is 5.56. The molecule has 0 saturated heterocycles. The molecule has 0 radical (unpaired) electrons. The Morgan fingerprint density at radius 3 is 2.52 bits per heavy atom. The topological polar surface area (TPSA) is 72.7 Å². The molecule has 2 heterocycles. The summed E-state index contributed by atoms with van der Waals surface area (Å²) in [6.45, 7) is 7.92. The Bertz CT molecular complexity index is 1260. The summed E-state index contributed by atoms with van der Waals surface area (Å²) in [7, 11) is 0. The van der Waals surface area contributed by atoms with E-state index in [1.54, 1.807) is 4.68 Å². The van der Waals surface area contributed by atoms with E-state index < -0.39 is 0 Å². The minimum Gasteiger partial charge on any atom is -0.296 e. The van der Waals surface area contributed by atoms with Crippen molar-refractivity contribution in [2.75, 3.05) is 5.32 Å². The fraction of sp³-hybridized carbons (Fsp3) is 0.217. The molecule has 2 aromatic carbocycles. The molecule has 158 valence electrons. The van der Waals surface area contributed by atoms with Gasteiger partial charge in [-0.15, -0.1) is 16.4 Å². The summed E-state index contributed by atoms with van der Waals surface area (Å²) < 4.78 is 2.74. The molecule has 0 aliphatic heterocycles. The number of anilines is 1. The first kappa shape index (κ1) is 21.4. The second-order valence-corrected chi connectivity index (χ2v) is 9.49. The molecule has 0 unspecified atom stereocenters. The average Bonchev–Trinajstić information content (AvgIpc) is 3.28. The van der Waals surface area contributed by atoms with E-state index in [0.29, 0.717) is 16.5 Å². The number of benzene rings is 2. The fourth-order valence-electron chi connectivity index (χ4n) is 3.23. The van der Waals surface area contributed by atoms with Gasteiger partial charge in [0.05, 0.1) is 17.1 Å². The van der Waals surface area contributed by atoms with Gasteiger partial charge in [0, 0.05) is 15.8 Å². The third-order valence-electron chi connectivity index (χ3n) is 5.24. The third kappa shape index (κ3) is 4.60. The van der Waals surface area contributed by atoms with Gasteiger partial charge in [0.2, 0.25) is 0 Å². The number of thiazole rings is 1. The standard InChI is InChI=1S/C23H22BrN5OS/c1-13-5-10-19(11-14(13)2)29-16(4)21(27-28-29)22(30)26-23-25-15(3)20(31-23)12-17-6-8-18(24)9-7-17/h5-11H,12H2,1-4H3,(H,25,26,30). The molecular weight excluding hydrogens is 474 g/mol. The van der Waals surface area contributed by atoms with Gasteiger partial charge in [0.15, 0.2) is 10.8 Å². The summed E-state index contributed by atoms with van der Waals surface area (Å²) in [6, 6.07) is 14.3. The minimum atomic E-state index is -0.309. The highest BCUT2D eigenvalue weighted by molar-refractivity contribution is 9.10. The Morgan fingerprint density at radius 2 is 1.81 bits per heavy atom. The van der Waals surface area contributed by atoms with Crippen molar-refractivity contribution in [2.24, 2.45) is 0 Å². The average molecular weight is 496 g/mol. The molecule has 0 spiro atoms. The van der Waals surface area contributed by atoms with Gasteiger partial charge in [-0.25, -0.2) is 9.67 Å². The van der Waals surface area contributed by atoms with Crippen molar-refractivity contribution in [3.8, 4) is 5.69 Å². The monoisotopic (exact) mass is 495 g/mol. The highest BCUT2D eigenvalue weighted by atomic mass is 79.9. The quantitative estimate of drug-likeness (QED) is 0.393. The zero-order chi connectivity index (χ0) is 22.1. The first-order valence-electron chi connectivity index (χ1n) is 9.84. The van der Waals surface area contributed by atoms with Crippen LogP contribution in [0.5, 0.6) is 0 Å². The van der Waals surface area contributed by atoms with Crippen LogP contribution in [0.15, 0.2) is 46.9 Å². The summed E-state index contributed by atoms with van der Waals surface area (Å²) in [5.41, 5.74) is 6.34. The van der Waals surface area contributed by atoms with E-state index in [4.69, 9.17) is 0 Å². The Balaban J connectivity index is 1.52. The number of carbonyl (C=O) groups is 1. The van der Waals surface area contributed by atoms with Crippen molar-refractivity contribution >= 4 is 38.3 Å². The predicted molar refractivity (Wildman–Crippen MR) is 127 cm³/mol. The molecule has 0 saturated carbocycles. The molecular formula is C23H22BrN5OS. The van der Waals surface area contributed by atoms with Crippen LogP contribution < -0.4 is 5.32 Å². The maximum atomic E-state index is 12.9. The van der Waals surface area contributed by atoms with Crippen LogP contribution in [0, 0.1) is 27.7 Å². The van der Waals surface area contributed by atoms with Crippen LogP contribution in [0.2, 0.25) is 0 Å². The number of aryl methyl sites for hydroxylation is 3. The number of nitrogens with zero attached hydrogens (tertiary/aromatic N) is 4. The molecule has 6 nitrogen and oxygen atoms in total.